The molecule has 110 valence electrons. The van der Waals surface area contributed by atoms with Crippen LogP contribution in [0.5, 0.6) is 0 Å². The molecule has 0 spiro atoms. The van der Waals surface area contributed by atoms with E-state index in [1.807, 2.05) is 13.1 Å². The molecule has 1 fully saturated rings. The highest BCUT2D eigenvalue weighted by atomic mass is 16.2. The predicted octanol–water partition coefficient (Wildman–Crippen LogP) is 0.614. The Morgan fingerprint density at radius 3 is 2.70 bits per heavy atom. The molecule has 0 saturated carbocycles. The highest BCUT2D eigenvalue weighted by molar-refractivity contribution is 5.91. The number of amides is 1. The SMILES string of the molecule is CN(C)C(=O)c1ccc(N(C)CC2CCCNC2)nn1. The highest BCUT2D eigenvalue weighted by Gasteiger charge is 2.17. The molecule has 1 unspecified atom stereocenters. The van der Waals surface area contributed by atoms with Crippen molar-refractivity contribution in [1.29, 1.82) is 0 Å². The minimum atomic E-state index is -0.122. The van der Waals surface area contributed by atoms with Crippen molar-refractivity contribution in [3.8, 4) is 0 Å². The zero-order chi connectivity index (χ0) is 14.5. The summed E-state index contributed by atoms with van der Waals surface area (Å²) in [5.74, 6) is 1.34. The van der Waals surface area contributed by atoms with Gasteiger partial charge in [-0.05, 0) is 44.0 Å². The van der Waals surface area contributed by atoms with E-state index in [1.54, 1.807) is 20.2 Å². The van der Waals surface area contributed by atoms with Crippen LogP contribution in [0.15, 0.2) is 12.1 Å². The first-order valence-corrected chi connectivity index (χ1v) is 7.05. The van der Waals surface area contributed by atoms with E-state index in [0.29, 0.717) is 11.6 Å². The molecule has 0 radical (unpaired) electrons. The fourth-order valence-corrected chi connectivity index (χ4v) is 2.43. The van der Waals surface area contributed by atoms with Gasteiger partial charge in [-0.1, -0.05) is 0 Å². The molecule has 1 saturated heterocycles. The molecule has 1 aromatic heterocycles. The summed E-state index contributed by atoms with van der Waals surface area (Å²) in [6, 6.07) is 3.60. The van der Waals surface area contributed by atoms with Crippen LogP contribution in [0.25, 0.3) is 0 Å². The molecule has 1 aliphatic rings. The second-order valence-corrected chi connectivity index (χ2v) is 5.57. The van der Waals surface area contributed by atoms with E-state index < -0.39 is 0 Å². The Morgan fingerprint density at radius 2 is 2.15 bits per heavy atom. The van der Waals surface area contributed by atoms with Crippen molar-refractivity contribution in [2.75, 3.05) is 45.7 Å². The van der Waals surface area contributed by atoms with Crippen molar-refractivity contribution >= 4 is 11.7 Å². The van der Waals surface area contributed by atoms with Crippen molar-refractivity contribution < 1.29 is 4.79 Å². The summed E-state index contributed by atoms with van der Waals surface area (Å²) >= 11 is 0. The summed E-state index contributed by atoms with van der Waals surface area (Å²) in [6.07, 6.45) is 2.49. The topological polar surface area (TPSA) is 61.4 Å². The van der Waals surface area contributed by atoms with Gasteiger partial charge in [0.25, 0.3) is 5.91 Å². The Morgan fingerprint density at radius 1 is 1.35 bits per heavy atom. The number of carbonyl (C=O) groups excluding carboxylic acids is 1. The van der Waals surface area contributed by atoms with Crippen molar-refractivity contribution in [2.24, 2.45) is 5.92 Å². The van der Waals surface area contributed by atoms with Gasteiger partial charge < -0.3 is 15.1 Å². The number of nitrogens with one attached hydrogen (secondary N) is 1. The molecule has 1 aromatic rings. The predicted molar refractivity (Wildman–Crippen MR) is 78.9 cm³/mol. The second-order valence-electron chi connectivity index (χ2n) is 5.57. The molecule has 1 aliphatic heterocycles. The van der Waals surface area contributed by atoms with Crippen molar-refractivity contribution in [3.63, 3.8) is 0 Å². The lowest BCUT2D eigenvalue weighted by Gasteiger charge is -2.28. The number of rotatable bonds is 4. The van der Waals surface area contributed by atoms with Gasteiger partial charge in [0.15, 0.2) is 11.5 Å². The van der Waals surface area contributed by atoms with Crippen molar-refractivity contribution in [3.05, 3.63) is 17.8 Å². The van der Waals surface area contributed by atoms with Gasteiger partial charge in [-0.3, -0.25) is 4.79 Å². The average molecular weight is 277 g/mol. The monoisotopic (exact) mass is 277 g/mol. The number of hydrogen-bond donors (Lipinski definition) is 1. The summed E-state index contributed by atoms with van der Waals surface area (Å²) < 4.78 is 0. The minimum absolute atomic E-state index is 0.122. The standard InChI is InChI=1S/C14H23N5O/c1-18(2)14(20)12-6-7-13(17-16-12)19(3)10-11-5-4-8-15-9-11/h6-7,11,15H,4-5,8-10H2,1-3H3. The first-order valence-electron chi connectivity index (χ1n) is 7.05. The highest BCUT2D eigenvalue weighted by Crippen LogP contribution is 2.15. The van der Waals surface area contributed by atoms with Crippen LogP contribution in [-0.2, 0) is 0 Å². The Bertz CT molecular complexity index is 439. The van der Waals surface area contributed by atoms with Gasteiger partial charge in [0.1, 0.15) is 0 Å². The Kier molecular flexibility index (Phi) is 4.89. The summed E-state index contributed by atoms with van der Waals surface area (Å²) in [7, 11) is 5.44. The first-order chi connectivity index (χ1) is 9.58. The van der Waals surface area contributed by atoms with Gasteiger partial charge in [-0.2, -0.15) is 0 Å². The number of piperidine rings is 1. The zero-order valence-corrected chi connectivity index (χ0v) is 12.5. The summed E-state index contributed by atoms with van der Waals surface area (Å²) in [6.45, 7) is 3.15. The number of aromatic nitrogens is 2. The number of hydrogen-bond acceptors (Lipinski definition) is 5. The van der Waals surface area contributed by atoms with Crippen LogP contribution < -0.4 is 10.2 Å². The van der Waals surface area contributed by atoms with Crippen LogP contribution >= 0.6 is 0 Å². The first kappa shape index (κ1) is 14.7. The molecule has 0 bridgehead atoms. The third kappa shape index (κ3) is 3.66. The summed E-state index contributed by atoms with van der Waals surface area (Å²) in [5.41, 5.74) is 0.381. The molecule has 1 amide bonds. The van der Waals surface area contributed by atoms with E-state index in [-0.39, 0.29) is 5.91 Å². The Labute approximate surface area is 120 Å². The fourth-order valence-electron chi connectivity index (χ4n) is 2.43. The fraction of sp³-hybridized carbons (Fsp3) is 0.643. The van der Waals surface area contributed by atoms with Gasteiger partial charge >= 0.3 is 0 Å². The van der Waals surface area contributed by atoms with Crippen molar-refractivity contribution in [2.45, 2.75) is 12.8 Å². The largest absolute Gasteiger partial charge is 0.358 e. The number of carbonyl (C=O) groups is 1. The average Bonchev–Trinajstić information content (AvgIpc) is 2.47. The zero-order valence-electron chi connectivity index (χ0n) is 12.5. The molecule has 0 aromatic carbocycles. The van der Waals surface area contributed by atoms with E-state index in [9.17, 15) is 4.79 Å². The van der Waals surface area contributed by atoms with Gasteiger partial charge in [0.2, 0.25) is 0 Å². The number of anilines is 1. The molecule has 2 rings (SSSR count). The number of nitrogens with zero attached hydrogens (tertiary/aromatic N) is 4. The lowest BCUT2D eigenvalue weighted by atomic mass is 9.99. The van der Waals surface area contributed by atoms with Gasteiger partial charge in [0.05, 0.1) is 0 Å². The van der Waals surface area contributed by atoms with Gasteiger partial charge in [0, 0.05) is 27.7 Å². The molecule has 1 atom stereocenters. The summed E-state index contributed by atoms with van der Waals surface area (Å²) in [5, 5.41) is 11.6. The summed E-state index contributed by atoms with van der Waals surface area (Å²) in [4.78, 5) is 15.4. The quantitative estimate of drug-likeness (QED) is 0.874. The Hall–Kier alpha value is -1.69. The van der Waals surface area contributed by atoms with E-state index in [2.05, 4.69) is 20.4 Å². The molecule has 0 aliphatic carbocycles. The van der Waals surface area contributed by atoms with Gasteiger partial charge in [-0.25, -0.2) is 0 Å². The smallest absolute Gasteiger partial charge is 0.273 e. The Balaban J connectivity index is 1.96. The van der Waals surface area contributed by atoms with Gasteiger partial charge in [-0.15, -0.1) is 10.2 Å². The van der Waals surface area contributed by atoms with E-state index >= 15 is 0 Å². The second kappa shape index (κ2) is 6.65. The van der Waals surface area contributed by atoms with Crippen LogP contribution in [0.3, 0.4) is 0 Å². The third-order valence-corrected chi connectivity index (χ3v) is 3.60. The van der Waals surface area contributed by atoms with Crippen LogP contribution in [0, 0.1) is 5.92 Å². The lowest BCUT2D eigenvalue weighted by molar-refractivity contribution is 0.0821. The maximum Gasteiger partial charge on any atom is 0.273 e. The molecule has 2 heterocycles. The van der Waals surface area contributed by atoms with Crippen molar-refractivity contribution in [1.82, 2.24) is 20.4 Å². The molecule has 1 N–H and O–H groups in total. The molecule has 6 heteroatoms. The molecular weight excluding hydrogens is 254 g/mol. The van der Waals surface area contributed by atoms with Crippen LogP contribution in [-0.4, -0.2) is 61.8 Å². The maximum atomic E-state index is 11.7. The lowest BCUT2D eigenvalue weighted by Crippen LogP contribution is -2.37. The van der Waals surface area contributed by atoms with E-state index in [4.69, 9.17) is 0 Å². The van der Waals surface area contributed by atoms with Crippen LogP contribution in [0.2, 0.25) is 0 Å². The minimum Gasteiger partial charge on any atom is -0.358 e. The molecule has 20 heavy (non-hydrogen) atoms. The van der Waals surface area contributed by atoms with Crippen LogP contribution in [0.4, 0.5) is 5.82 Å². The molecule has 6 nitrogen and oxygen atoms in total. The normalized spacial score (nSPS) is 18.6. The third-order valence-electron chi connectivity index (χ3n) is 3.60. The van der Waals surface area contributed by atoms with E-state index in [1.165, 1.54) is 17.7 Å². The maximum absolute atomic E-state index is 11.7. The molecular formula is C14H23N5O. The van der Waals surface area contributed by atoms with E-state index in [0.717, 1.165) is 25.5 Å². The van der Waals surface area contributed by atoms with Crippen LogP contribution in [0.1, 0.15) is 23.3 Å².